The van der Waals surface area contributed by atoms with E-state index < -0.39 is 5.82 Å². The zero-order valence-electron chi connectivity index (χ0n) is 11.6. The number of halogens is 1. The number of aliphatic hydroxyl groups excluding tert-OH is 1. The van der Waals surface area contributed by atoms with E-state index in [0.29, 0.717) is 30.9 Å². The van der Waals surface area contributed by atoms with Crippen LogP contribution in [0.1, 0.15) is 33.1 Å². The predicted molar refractivity (Wildman–Crippen MR) is 76.0 cm³/mol. The molecule has 0 radical (unpaired) electrons. The van der Waals surface area contributed by atoms with E-state index in [1.165, 1.54) is 6.07 Å². The quantitative estimate of drug-likeness (QED) is 0.502. The van der Waals surface area contributed by atoms with Crippen LogP contribution in [0.4, 0.5) is 15.8 Å². The number of nitrogen functional groups attached to an aromatic ring is 1. The van der Waals surface area contributed by atoms with Gasteiger partial charge >= 0.3 is 0 Å². The summed E-state index contributed by atoms with van der Waals surface area (Å²) in [4.78, 5) is 0. The van der Waals surface area contributed by atoms with Crippen molar-refractivity contribution in [2.45, 2.75) is 39.2 Å². The van der Waals surface area contributed by atoms with Gasteiger partial charge in [-0.1, -0.05) is 6.92 Å². The van der Waals surface area contributed by atoms with Gasteiger partial charge in [-0.3, -0.25) is 0 Å². The lowest BCUT2D eigenvalue weighted by atomic mass is 10.2. The molecule has 0 spiro atoms. The Morgan fingerprint density at radius 2 is 2.21 bits per heavy atom. The largest absolute Gasteiger partial charge is 0.490 e. The van der Waals surface area contributed by atoms with Gasteiger partial charge in [0, 0.05) is 18.7 Å². The van der Waals surface area contributed by atoms with Crippen molar-refractivity contribution in [2.75, 3.05) is 24.2 Å². The Morgan fingerprint density at radius 3 is 2.84 bits per heavy atom. The van der Waals surface area contributed by atoms with Crippen LogP contribution in [0.25, 0.3) is 0 Å². The summed E-state index contributed by atoms with van der Waals surface area (Å²) in [5.41, 5.74) is 6.78. The number of aliphatic hydroxyl groups is 1. The molecule has 0 heterocycles. The second-order valence-electron chi connectivity index (χ2n) is 4.64. The minimum absolute atomic E-state index is 0.217. The molecule has 4 N–H and O–H groups in total. The molecule has 1 rings (SSSR count). The number of nitrogens with two attached hydrogens (primary N) is 1. The minimum atomic E-state index is -0.444. The number of rotatable bonds is 8. The fourth-order valence-electron chi connectivity index (χ4n) is 1.67. The lowest BCUT2D eigenvalue weighted by Gasteiger charge is -2.13. The molecule has 0 amide bonds. The summed E-state index contributed by atoms with van der Waals surface area (Å²) in [5, 5.41) is 12.3. The highest BCUT2D eigenvalue weighted by Gasteiger charge is 2.09. The van der Waals surface area contributed by atoms with Crippen LogP contribution in [-0.4, -0.2) is 24.4 Å². The monoisotopic (exact) mass is 270 g/mol. The number of benzene rings is 1. The van der Waals surface area contributed by atoms with E-state index in [1.54, 1.807) is 13.0 Å². The van der Waals surface area contributed by atoms with Gasteiger partial charge in [0.25, 0.3) is 0 Å². The summed E-state index contributed by atoms with van der Waals surface area (Å²) >= 11 is 0. The highest BCUT2D eigenvalue weighted by Crippen LogP contribution is 2.28. The van der Waals surface area contributed by atoms with Crippen molar-refractivity contribution in [1.29, 1.82) is 0 Å². The Balaban J connectivity index is 2.61. The van der Waals surface area contributed by atoms with E-state index >= 15 is 0 Å². The molecule has 0 fully saturated rings. The first-order valence-corrected chi connectivity index (χ1v) is 6.68. The fraction of sp³-hybridized carbons (Fsp3) is 0.571. The fourth-order valence-corrected chi connectivity index (χ4v) is 1.67. The van der Waals surface area contributed by atoms with Crippen molar-refractivity contribution in [1.82, 2.24) is 0 Å². The van der Waals surface area contributed by atoms with Crippen LogP contribution in [0, 0.1) is 5.82 Å². The van der Waals surface area contributed by atoms with Gasteiger partial charge < -0.3 is 20.9 Å². The molecule has 19 heavy (non-hydrogen) atoms. The summed E-state index contributed by atoms with van der Waals surface area (Å²) in [7, 11) is 0. The van der Waals surface area contributed by atoms with Crippen molar-refractivity contribution in [3.05, 3.63) is 17.9 Å². The van der Waals surface area contributed by atoms with E-state index in [9.17, 15) is 4.39 Å². The number of nitrogens with one attached hydrogen (secondary N) is 1. The predicted octanol–water partition coefficient (Wildman–Crippen LogP) is 2.77. The molecule has 5 heteroatoms. The molecule has 0 aliphatic carbocycles. The number of hydrogen-bond donors (Lipinski definition) is 3. The SMILES string of the molecule is CCCOc1cc(NCCCC(C)O)c(N)cc1F. The van der Waals surface area contributed by atoms with Crippen LogP contribution < -0.4 is 15.8 Å². The molecule has 0 aliphatic heterocycles. The first-order valence-electron chi connectivity index (χ1n) is 6.68. The zero-order valence-corrected chi connectivity index (χ0v) is 11.6. The van der Waals surface area contributed by atoms with E-state index in [4.69, 9.17) is 15.6 Å². The van der Waals surface area contributed by atoms with Gasteiger partial charge in [-0.05, 0) is 26.2 Å². The van der Waals surface area contributed by atoms with Crippen molar-refractivity contribution >= 4 is 11.4 Å². The van der Waals surface area contributed by atoms with E-state index in [1.807, 2.05) is 6.92 Å². The van der Waals surface area contributed by atoms with Crippen molar-refractivity contribution in [2.24, 2.45) is 0 Å². The van der Waals surface area contributed by atoms with Crippen LogP contribution in [0.5, 0.6) is 5.75 Å². The van der Waals surface area contributed by atoms with Crippen LogP contribution in [0.2, 0.25) is 0 Å². The van der Waals surface area contributed by atoms with E-state index in [-0.39, 0.29) is 11.9 Å². The van der Waals surface area contributed by atoms with Crippen molar-refractivity contribution < 1.29 is 14.2 Å². The number of hydrogen-bond acceptors (Lipinski definition) is 4. The van der Waals surface area contributed by atoms with E-state index in [0.717, 1.165) is 12.8 Å². The number of anilines is 2. The summed E-state index contributed by atoms with van der Waals surface area (Å²) in [6.45, 7) is 4.86. The van der Waals surface area contributed by atoms with Crippen molar-refractivity contribution in [3.8, 4) is 5.75 Å². The zero-order chi connectivity index (χ0) is 14.3. The molecule has 108 valence electrons. The molecule has 0 bridgehead atoms. The molecule has 1 aromatic rings. The highest BCUT2D eigenvalue weighted by molar-refractivity contribution is 5.68. The summed E-state index contributed by atoms with van der Waals surface area (Å²) in [6.07, 6.45) is 2.05. The first kappa shape index (κ1) is 15.6. The third-order valence-electron chi connectivity index (χ3n) is 2.68. The topological polar surface area (TPSA) is 67.5 Å². The van der Waals surface area contributed by atoms with Crippen molar-refractivity contribution in [3.63, 3.8) is 0 Å². The molecule has 1 atom stereocenters. The third kappa shape index (κ3) is 5.34. The smallest absolute Gasteiger partial charge is 0.167 e. The minimum Gasteiger partial charge on any atom is -0.490 e. The van der Waals surface area contributed by atoms with Gasteiger partial charge in [-0.15, -0.1) is 0 Å². The maximum absolute atomic E-state index is 13.6. The van der Waals surface area contributed by atoms with Gasteiger partial charge in [-0.25, -0.2) is 4.39 Å². The average molecular weight is 270 g/mol. The average Bonchev–Trinajstić information content (AvgIpc) is 2.35. The highest BCUT2D eigenvalue weighted by atomic mass is 19.1. The Morgan fingerprint density at radius 1 is 1.47 bits per heavy atom. The Hall–Kier alpha value is -1.49. The molecule has 0 saturated carbocycles. The Kier molecular flexibility index (Phi) is 6.42. The maximum Gasteiger partial charge on any atom is 0.167 e. The molecular formula is C14H23FN2O2. The lowest BCUT2D eigenvalue weighted by molar-refractivity contribution is 0.183. The molecule has 1 unspecified atom stereocenters. The first-order chi connectivity index (χ1) is 9.04. The third-order valence-corrected chi connectivity index (χ3v) is 2.68. The molecule has 0 saturated heterocycles. The van der Waals surface area contributed by atoms with Gasteiger partial charge in [-0.2, -0.15) is 0 Å². The summed E-state index contributed by atoms with van der Waals surface area (Å²) < 4.78 is 18.9. The maximum atomic E-state index is 13.6. The lowest BCUT2D eigenvalue weighted by Crippen LogP contribution is -2.09. The van der Waals surface area contributed by atoms with E-state index in [2.05, 4.69) is 5.32 Å². The van der Waals surface area contributed by atoms with Crippen LogP contribution in [0.15, 0.2) is 12.1 Å². The Bertz CT molecular complexity index is 397. The molecular weight excluding hydrogens is 247 g/mol. The standard InChI is InChI=1S/C14H23FN2O2/c1-3-7-19-14-9-13(12(16)8-11(14)15)17-6-4-5-10(2)18/h8-10,17-18H,3-7,16H2,1-2H3. The van der Waals surface area contributed by atoms with Gasteiger partial charge in [0.05, 0.1) is 24.1 Å². The summed E-state index contributed by atoms with van der Waals surface area (Å²) in [6, 6.07) is 2.85. The second-order valence-corrected chi connectivity index (χ2v) is 4.64. The van der Waals surface area contributed by atoms with Gasteiger partial charge in [0.2, 0.25) is 0 Å². The second kappa shape index (κ2) is 7.84. The van der Waals surface area contributed by atoms with Crippen LogP contribution in [-0.2, 0) is 0 Å². The van der Waals surface area contributed by atoms with Gasteiger partial charge in [0.15, 0.2) is 11.6 Å². The Labute approximate surface area is 113 Å². The van der Waals surface area contributed by atoms with Crippen LogP contribution >= 0.6 is 0 Å². The van der Waals surface area contributed by atoms with Crippen LogP contribution in [0.3, 0.4) is 0 Å². The normalized spacial score (nSPS) is 12.2. The number of ether oxygens (including phenoxy) is 1. The molecule has 0 aromatic heterocycles. The molecule has 1 aromatic carbocycles. The van der Waals surface area contributed by atoms with Gasteiger partial charge in [0.1, 0.15) is 0 Å². The summed E-state index contributed by atoms with van der Waals surface area (Å²) in [5.74, 6) is -0.227. The molecule has 4 nitrogen and oxygen atoms in total. The molecule has 0 aliphatic rings.